The summed E-state index contributed by atoms with van der Waals surface area (Å²) >= 11 is 8.12. The molecular weight excluding hydrogens is 520 g/mol. The molecular formula is C30H32Br2. The molecule has 8 bridgehead atoms. The molecule has 8 aliphatic rings. The number of benzene rings is 2. The lowest BCUT2D eigenvalue weighted by Crippen LogP contribution is -2.25. The third kappa shape index (κ3) is 2.84. The molecule has 2 heteroatoms. The van der Waals surface area contributed by atoms with Gasteiger partial charge >= 0.3 is 0 Å². The van der Waals surface area contributed by atoms with Gasteiger partial charge < -0.3 is 0 Å². The van der Waals surface area contributed by atoms with Crippen molar-refractivity contribution < 1.29 is 0 Å². The van der Waals surface area contributed by atoms with E-state index in [1.165, 1.54) is 84.3 Å². The summed E-state index contributed by atoms with van der Waals surface area (Å²) in [5.41, 5.74) is 9.67. The zero-order chi connectivity index (χ0) is 21.1. The van der Waals surface area contributed by atoms with Crippen LogP contribution in [0.15, 0.2) is 33.2 Å². The Morgan fingerprint density at radius 3 is 1.00 bits per heavy atom. The summed E-state index contributed by atoms with van der Waals surface area (Å²) in [4.78, 5) is 0. The van der Waals surface area contributed by atoms with Crippen LogP contribution in [0, 0.1) is 23.7 Å². The first-order valence-electron chi connectivity index (χ1n) is 13.3. The summed E-state index contributed by atoms with van der Waals surface area (Å²) < 4.78 is 2.63. The Labute approximate surface area is 209 Å². The highest BCUT2D eigenvalue weighted by Crippen LogP contribution is 2.59. The van der Waals surface area contributed by atoms with Crippen molar-refractivity contribution in [3.05, 3.63) is 55.5 Å². The molecule has 4 fully saturated rings. The van der Waals surface area contributed by atoms with Crippen LogP contribution >= 0.6 is 31.9 Å². The summed E-state index contributed by atoms with van der Waals surface area (Å²) in [6.07, 6.45) is 14.6. The van der Waals surface area contributed by atoms with E-state index in [0.717, 1.165) is 47.3 Å². The van der Waals surface area contributed by atoms with E-state index in [1.807, 2.05) is 0 Å². The van der Waals surface area contributed by atoms with Crippen molar-refractivity contribution >= 4 is 31.9 Å². The Morgan fingerprint density at radius 2 is 0.688 bits per heavy atom. The van der Waals surface area contributed by atoms with Crippen molar-refractivity contribution in [2.45, 2.75) is 87.9 Å². The topological polar surface area (TPSA) is 0 Å². The summed E-state index contributed by atoms with van der Waals surface area (Å²) in [5.74, 6) is 7.17. The van der Waals surface area contributed by atoms with Crippen molar-refractivity contribution in [1.82, 2.24) is 0 Å². The summed E-state index contributed by atoms with van der Waals surface area (Å²) in [6, 6.07) is 10.3. The quantitative estimate of drug-likeness (QED) is 0.331. The second-order valence-corrected chi connectivity index (χ2v) is 14.2. The Morgan fingerprint density at radius 1 is 0.406 bits per heavy atom. The molecule has 0 amide bonds. The molecule has 0 saturated heterocycles. The van der Waals surface area contributed by atoms with Crippen LogP contribution in [0.1, 0.15) is 110 Å². The third-order valence-corrected chi connectivity index (χ3v) is 12.0. The van der Waals surface area contributed by atoms with Crippen molar-refractivity contribution in [2.24, 2.45) is 23.7 Å². The average Bonchev–Trinajstić information content (AvgIpc) is 3.02. The van der Waals surface area contributed by atoms with Crippen LogP contribution < -0.4 is 0 Å². The van der Waals surface area contributed by atoms with Gasteiger partial charge in [0.1, 0.15) is 0 Å². The molecule has 0 N–H and O–H groups in total. The minimum atomic E-state index is 0.805. The Kier molecular flexibility index (Phi) is 4.29. The van der Waals surface area contributed by atoms with Gasteiger partial charge in [0, 0.05) is 8.95 Å². The first-order chi connectivity index (χ1) is 15.6. The largest absolute Gasteiger partial charge is 0.0501 e. The predicted molar refractivity (Wildman–Crippen MR) is 138 cm³/mol. The fraction of sp³-hybridized carbons (Fsp3) is 0.600. The lowest BCUT2D eigenvalue weighted by atomic mass is 9.67. The van der Waals surface area contributed by atoms with Crippen molar-refractivity contribution in [3.8, 4) is 11.1 Å². The molecule has 0 nitrogen and oxygen atoms in total. The summed E-state index contributed by atoms with van der Waals surface area (Å²) in [7, 11) is 0. The highest BCUT2D eigenvalue weighted by Gasteiger charge is 2.44. The van der Waals surface area contributed by atoms with Crippen LogP contribution in [0.4, 0.5) is 0 Å². The second kappa shape index (κ2) is 6.97. The molecule has 2 aromatic rings. The molecule has 0 heterocycles. The molecule has 0 aliphatic heterocycles. The number of hydrogen-bond donors (Lipinski definition) is 0. The smallest absolute Gasteiger partial charge is 0.0257 e. The molecule has 0 aromatic heterocycles. The molecule has 4 unspecified atom stereocenters. The van der Waals surface area contributed by atoms with Crippen LogP contribution in [0.3, 0.4) is 0 Å². The molecule has 4 atom stereocenters. The predicted octanol–water partition coefficient (Wildman–Crippen LogP) is 9.66. The van der Waals surface area contributed by atoms with Gasteiger partial charge in [-0.2, -0.15) is 0 Å². The maximum atomic E-state index is 4.06. The number of halogens is 2. The monoisotopic (exact) mass is 550 g/mol. The first kappa shape index (κ1) is 19.7. The summed E-state index contributed by atoms with van der Waals surface area (Å²) in [5, 5.41) is 0. The molecule has 0 spiro atoms. The van der Waals surface area contributed by atoms with Crippen molar-refractivity contribution in [3.63, 3.8) is 0 Å². The molecule has 0 radical (unpaired) electrons. The minimum Gasteiger partial charge on any atom is -0.0501 e. The Balaban J connectivity index is 1.28. The van der Waals surface area contributed by atoms with E-state index < -0.39 is 0 Å². The van der Waals surface area contributed by atoms with Gasteiger partial charge in [0.05, 0.1) is 0 Å². The normalized spacial score (nSPS) is 40.2. The van der Waals surface area contributed by atoms with Crippen LogP contribution in [-0.2, 0) is 0 Å². The first-order valence-corrected chi connectivity index (χ1v) is 14.8. The molecule has 166 valence electrons. The lowest BCUT2D eigenvalue weighted by Gasteiger charge is -2.38. The van der Waals surface area contributed by atoms with Crippen LogP contribution in [0.2, 0.25) is 0 Å². The molecule has 8 aliphatic carbocycles. The van der Waals surface area contributed by atoms with E-state index >= 15 is 0 Å². The molecule has 2 aromatic carbocycles. The fourth-order valence-corrected chi connectivity index (χ4v) is 10.9. The van der Waals surface area contributed by atoms with Gasteiger partial charge in [-0.05, 0) is 169 Å². The molecule has 32 heavy (non-hydrogen) atoms. The van der Waals surface area contributed by atoms with Crippen molar-refractivity contribution in [2.75, 3.05) is 0 Å². The van der Waals surface area contributed by atoms with E-state index in [4.69, 9.17) is 0 Å². The third-order valence-electron chi connectivity index (χ3n) is 10.7. The van der Waals surface area contributed by atoms with Gasteiger partial charge in [-0.3, -0.25) is 0 Å². The highest BCUT2D eigenvalue weighted by atomic mass is 79.9. The maximum Gasteiger partial charge on any atom is 0.0257 e. The van der Waals surface area contributed by atoms with E-state index in [1.54, 1.807) is 22.3 Å². The van der Waals surface area contributed by atoms with E-state index in [2.05, 4.69) is 56.1 Å². The SMILES string of the molecule is Brc1cc2c(cc1-c1cc3c(cc1Br)C1CC4CC(C1)CC3C4)C1CC3CC(CC2C3)C1. The Bertz CT molecular complexity index is 1010. The minimum absolute atomic E-state index is 0.805. The van der Waals surface area contributed by atoms with Gasteiger partial charge in [0.25, 0.3) is 0 Å². The van der Waals surface area contributed by atoms with E-state index in [-0.39, 0.29) is 0 Å². The average molecular weight is 552 g/mol. The molecule has 10 rings (SSSR count). The van der Waals surface area contributed by atoms with Gasteiger partial charge in [-0.25, -0.2) is 0 Å². The van der Waals surface area contributed by atoms with Crippen LogP contribution in [-0.4, -0.2) is 0 Å². The van der Waals surface area contributed by atoms with Gasteiger partial charge in [0.2, 0.25) is 0 Å². The van der Waals surface area contributed by atoms with Gasteiger partial charge in [-0.15, -0.1) is 0 Å². The fourth-order valence-electron chi connectivity index (χ4n) is 9.75. The number of rotatable bonds is 1. The van der Waals surface area contributed by atoms with Crippen LogP contribution in [0.5, 0.6) is 0 Å². The maximum absolute atomic E-state index is 4.06. The zero-order valence-electron chi connectivity index (χ0n) is 18.8. The van der Waals surface area contributed by atoms with E-state index in [0.29, 0.717) is 0 Å². The molecule has 4 saturated carbocycles. The van der Waals surface area contributed by atoms with E-state index in [9.17, 15) is 0 Å². The number of hydrogen-bond acceptors (Lipinski definition) is 0. The highest BCUT2D eigenvalue weighted by molar-refractivity contribution is 9.11. The lowest BCUT2D eigenvalue weighted by molar-refractivity contribution is 0.165. The van der Waals surface area contributed by atoms with Gasteiger partial charge in [-0.1, -0.05) is 31.9 Å². The second-order valence-electron chi connectivity index (χ2n) is 12.5. The summed E-state index contributed by atoms with van der Waals surface area (Å²) in [6.45, 7) is 0. The van der Waals surface area contributed by atoms with Crippen LogP contribution in [0.25, 0.3) is 11.1 Å². The van der Waals surface area contributed by atoms with Crippen molar-refractivity contribution in [1.29, 1.82) is 0 Å². The zero-order valence-corrected chi connectivity index (χ0v) is 21.9. The Hall–Kier alpha value is -0.600. The standard InChI is InChI=1S/C30H32Br2/c31-29-13-25-21-7-15-1-16(8-21)4-19(3-15)23(25)11-27(29)28-12-24-20-5-17-2-18(6-20)10-22(9-17)26(24)14-30(28)32/h11-22H,1-10H2. The van der Waals surface area contributed by atoms with Gasteiger partial charge in [0.15, 0.2) is 0 Å².